The van der Waals surface area contributed by atoms with E-state index in [1.54, 1.807) is 38.2 Å². The highest BCUT2D eigenvalue weighted by Gasteiger charge is 2.54. The van der Waals surface area contributed by atoms with Crippen molar-refractivity contribution in [2.45, 2.75) is 82.5 Å². The Balaban J connectivity index is 1.02. The Bertz CT molecular complexity index is 1470. The lowest BCUT2D eigenvalue weighted by Crippen LogP contribution is -2.59. The molecule has 41 heavy (non-hydrogen) atoms. The van der Waals surface area contributed by atoms with Crippen molar-refractivity contribution in [3.8, 4) is 17.2 Å². The highest BCUT2D eigenvalue weighted by molar-refractivity contribution is 5.96. The number of aromatic nitrogens is 2. The lowest BCUT2D eigenvalue weighted by Gasteiger charge is -2.57. The zero-order chi connectivity index (χ0) is 28.9. The van der Waals surface area contributed by atoms with Crippen molar-refractivity contribution in [1.82, 2.24) is 14.9 Å². The number of nitrogens with two attached hydrogens (primary N) is 1. The van der Waals surface area contributed by atoms with Crippen LogP contribution in [0.1, 0.15) is 79.9 Å². The molecule has 2 aromatic heterocycles. The Morgan fingerprint density at radius 1 is 1.15 bits per heavy atom. The lowest BCUT2D eigenvalue weighted by atomic mass is 9.53. The fourth-order valence-corrected chi connectivity index (χ4v) is 6.32. The number of methoxy groups -OCH3 is 1. The first-order valence-corrected chi connectivity index (χ1v) is 14.3. The van der Waals surface area contributed by atoms with Gasteiger partial charge in [0.2, 0.25) is 5.91 Å². The summed E-state index contributed by atoms with van der Waals surface area (Å²) >= 11 is 0. The molecule has 1 spiro atoms. The van der Waals surface area contributed by atoms with Gasteiger partial charge in [0.25, 0.3) is 5.91 Å². The molecule has 10 heteroatoms. The summed E-state index contributed by atoms with van der Waals surface area (Å²) in [5.41, 5.74) is 7.91. The molecule has 3 aliphatic carbocycles. The molecule has 3 aromatic rings. The molecule has 0 radical (unpaired) electrons. The summed E-state index contributed by atoms with van der Waals surface area (Å²) in [4.78, 5) is 24.8. The van der Waals surface area contributed by atoms with Gasteiger partial charge in [-0.25, -0.2) is 4.52 Å². The molecule has 2 heterocycles. The van der Waals surface area contributed by atoms with Crippen LogP contribution in [0, 0.1) is 5.41 Å². The van der Waals surface area contributed by atoms with Gasteiger partial charge in [-0.1, -0.05) is 0 Å². The molecule has 0 atom stereocenters. The summed E-state index contributed by atoms with van der Waals surface area (Å²) in [6.45, 7) is 3.63. The summed E-state index contributed by atoms with van der Waals surface area (Å²) in [5, 5.41) is 17.9. The molecule has 218 valence electrons. The number of pyridine rings is 1. The van der Waals surface area contributed by atoms with E-state index in [0.717, 1.165) is 61.0 Å². The first-order chi connectivity index (χ1) is 19.5. The first-order valence-electron chi connectivity index (χ1n) is 14.3. The summed E-state index contributed by atoms with van der Waals surface area (Å²) in [5.74, 6) is 1.60. The van der Waals surface area contributed by atoms with Crippen LogP contribution in [0.3, 0.4) is 0 Å². The Hall–Kier alpha value is -3.79. The number of nitrogens with zero attached hydrogens (tertiary/aromatic N) is 2. The maximum absolute atomic E-state index is 13.0. The largest absolute Gasteiger partial charge is 0.497 e. The molecular weight excluding hydrogens is 524 g/mol. The minimum Gasteiger partial charge on any atom is -0.497 e. The van der Waals surface area contributed by atoms with Crippen LogP contribution in [0.4, 0.5) is 0 Å². The van der Waals surface area contributed by atoms with Gasteiger partial charge in [-0.2, -0.15) is 5.10 Å². The molecule has 10 nitrogen and oxygen atoms in total. The Morgan fingerprint density at radius 3 is 2.54 bits per heavy atom. The number of primary amides is 1. The molecular formula is C31H38N4O6. The van der Waals surface area contributed by atoms with Crippen LogP contribution in [0.2, 0.25) is 0 Å². The molecule has 0 saturated heterocycles. The van der Waals surface area contributed by atoms with Gasteiger partial charge >= 0.3 is 0 Å². The number of hydrogen-bond donors (Lipinski definition) is 3. The lowest BCUT2D eigenvalue weighted by molar-refractivity contribution is -0.126. The van der Waals surface area contributed by atoms with E-state index in [1.807, 2.05) is 16.6 Å². The van der Waals surface area contributed by atoms with E-state index >= 15 is 0 Å². The van der Waals surface area contributed by atoms with E-state index < -0.39 is 11.5 Å². The minimum absolute atomic E-state index is 0.00784. The van der Waals surface area contributed by atoms with Crippen LogP contribution >= 0.6 is 0 Å². The SMILES string of the molecule is COc1ccc(OC2CC3(CC(NC(=O)Cc4cnn5c(C6CC6)c(OCC(C)(C)O)ccc45)C3)C2)c(C(N)=O)c1. The van der Waals surface area contributed by atoms with Gasteiger partial charge in [0.15, 0.2) is 0 Å². The molecule has 0 bridgehead atoms. The van der Waals surface area contributed by atoms with E-state index in [0.29, 0.717) is 23.0 Å². The standard InChI is InChI=1S/C31H38N4O6/c1-30(2,38)17-40-26-9-7-24-19(16-33-35(24)28(26)18-4-5-18)10-27(36)34-20-12-31(13-20)14-22(15-31)41-25-8-6-21(39-3)11-23(25)29(32)37/h6-9,11,16,18,20,22,38H,4-5,10,12-15,17H2,1-3H3,(H2,32,37)(H,34,36). The van der Waals surface area contributed by atoms with E-state index in [1.165, 1.54) is 7.11 Å². The summed E-state index contributed by atoms with van der Waals surface area (Å²) in [7, 11) is 1.54. The number of aliphatic hydroxyl groups is 1. The van der Waals surface area contributed by atoms with E-state index in [9.17, 15) is 14.7 Å². The molecule has 1 aromatic carbocycles. The summed E-state index contributed by atoms with van der Waals surface area (Å²) < 4.78 is 19.1. The zero-order valence-corrected chi connectivity index (χ0v) is 23.8. The molecule has 3 fully saturated rings. The highest BCUT2D eigenvalue weighted by Crippen LogP contribution is 2.57. The van der Waals surface area contributed by atoms with Crippen LogP contribution in [-0.4, -0.2) is 58.0 Å². The number of rotatable bonds is 11. The third kappa shape index (κ3) is 5.70. The second-order valence-corrected chi connectivity index (χ2v) is 12.6. The monoisotopic (exact) mass is 562 g/mol. The third-order valence-electron chi connectivity index (χ3n) is 8.45. The van der Waals surface area contributed by atoms with Crippen LogP contribution in [0.5, 0.6) is 17.2 Å². The van der Waals surface area contributed by atoms with Crippen LogP contribution in [-0.2, 0) is 11.2 Å². The number of benzene rings is 1. The van der Waals surface area contributed by atoms with Gasteiger partial charge < -0.3 is 30.4 Å². The van der Waals surface area contributed by atoms with Gasteiger partial charge in [0, 0.05) is 17.5 Å². The van der Waals surface area contributed by atoms with Gasteiger partial charge in [-0.3, -0.25) is 9.59 Å². The van der Waals surface area contributed by atoms with Gasteiger partial charge in [-0.05, 0) is 88.1 Å². The van der Waals surface area contributed by atoms with E-state index in [2.05, 4.69) is 10.4 Å². The Kier molecular flexibility index (Phi) is 6.84. The fraction of sp³-hybridized carbons (Fsp3) is 0.516. The normalized spacial score (nSPS) is 23.5. The fourth-order valence-electron chi connectivity index (χ4n) is 6.32. The zero-order valence-electron chi connectivity index (χ0n) is 23.8. The number of ether oxygens (including phenoxy) is 3. The van der Waals surface area contributed by atoms with Crippen molar-refractivity contribution >= 4 is 17.3 Å². The van der Waals surface area contributed by atoms with Crippen molar-refractivity contribution in [2.24, 2.45) is 11.1 Å². The van der Waals surface area contributed by atoms with E-state index in [4.69, 9.17) is 19.9 Å². The van der Waals surface area contributed by atoms with Crippen LogP contribution in [0.25, 0.3) is 5.52 Å². The smallest absolute Gasteiger partial charge is 0.252 e. The second kappa shape index (κ2) is 10.2. The number of carbonyl (C=O) groups excluding carboxylic acids is 2. The van der Waals surface area contributed by atoms with Gasteiger partial charge in [-0.15, -0.1) is 0 Å². The quantitative estimate of drug-likeness (QED) is 0.325. The summed E-state index contributed by atoms with van der Waals surface area (Å²) in [6, 6.07) is 9.11. The van der Waals surface area contributed by atoms with Crippen LogP contribution in [0.15, 0.2) is 36.5 Å². The van der Waals surface area contributed by atoms with E-state index in [-0.39, 0.29) is 36.5 Å². The second-order valence-electron chi connectivity index (χ2n) is 12.6. The predicted octanol–water partition coefficient (Wildman–Crippen LogP) is 3.52. The topological polar surface area (TPSA) is 137 Å². The maximum Gasteiger partial charge on any atom is 0.252 e. The maximum atomic E-state index is 13.0. The molecule has 3 aliphatic rings. The molecule has 2 amide bonds. The molecule has 6 rings (SSSR count). The molecule has 4 N–H and O–H groups in total. The average molecular weight is 563 g/mol. The first kappa shape index (κ1) is 27.4. The molecule has 3 saturated carbocycles. The van der Waals surface area contributed by atoms with Crippen molar-refractivity contribution in [2.75, 3.05) is 13.7 Å². The Labute approximate surface area is 239 Å². The van der Waals surface area contributed by atoms with Crippen molar-refractivity contribution in [3.63, 3.8) is 0 Å². The number of hydrogen-bond acceptors (Lipinski definition) is 7. The third-order valence-corrected chi connectivity index (χ3v) is 8.45. The van der Waals surface area contributed by atoms with Gasteiger partial charge in [0.1, 0.15) is 23.9 Å². The van der Waals surface area contributed by atoms with Crippen molar-refractivity contribution in [1.29, 1.82) is 0 Å². The molecule has 0 unspecified atom stereocenters. The number of carbonyl (C=O) groups is 2. The average Bonchev–Trinajstić information content (AvgIpc) is 3.64. The van der Waals surface area contributed by atoms with Gasteiger partial charge in [0.05, 0.1) is 48.2 Å². The minimum atomic E-state index is -0.929. The summed E-state index contributed by atoms with van der Waals surface area (Å²) in [6.07, 6.45) is 7.84. The number of nitrogens with one attached hydrogen (secondary N) is 1. The van der Waals surface area contributed by atoms with Crippen molar-refractivity contribution in [3.05, 3.63) is 53.3 Å². The predicted molar refractivity (Wildman–Crippen MR) is 151 cm³/mol. The Morgan fingerprint density at radius 2 is 1.88 bits per heavy atom. The highest BCUT2D eigenvalue weighted by atomic mass is 16.5. The van der Waals surface area contributed by atoms with Crippen molar-refractivity contribution < 1.29 is 28.9 Å². The number of fused-ring (bicyclic) bond motifs is 1. The van der Waals surface area contributed by atoms with Crippen LogP contribution < -0.4 is 25.3 Å². The number of amides is 2. The molecule has 0 aliphatic heterocycles.